The van der Waals surface area contributed by atoms with Gasteiger partial charge in [0, 0.05) is 14.4 Å². The topological polar surface area (TPSA) is 40.5 Å². The maximum Gasteiger partial charge on any atom is 0.143 e. The van der Waals surface area contributed by atoms with Crippen molar-refractivity contribution in [1.82, 2.24) is 0 Å². The number of hydrogen-bond acceptors (Lipinski definition) is 2. The van der Waals surface area contributed by atoms with E-state index in [0.29, 0.717) is 17.9 Å². The lowest BCUT2D eigenvalue weighted by atomic mass is 9.71. The summed E-state index contributed by atoms with van der Waals surface area (Å²) in [6.07, 6.45) is 0. The van der Waals surface area contributed by atoms with Crippen LogP contribution in [-0.4, -0.2) is 10.2 Å². The second kappa shape index (κ2) is 8.94. The first-order chi connectivity index (χ1) is 13.5. The van der Waals surface area contributed by atoms with Crippen molar-refractivity contribution in [1.29, 1.82) is 0 Å². The van der Waals surface area contributed by atoms with Gasteiger partial charge in [-0.15, -0.1) is 0 Å². The minimum Gasteiger partial charge on any atom is -0.506 e. The monoisotopic (exact) mass is 772 g/mol. The Morgan fingerprint density at radius 3 is 1.07 bits per heavy atom. The normalized spacial score (nSPS) is 11.7. The summed E-state index contributed by atoms with van der Waals surface area (Å²) in [6.45, 7) is 4.16. The van der Waals surface area contributed by atoms with Crippen LogP contribution in [0.2, 0.25) is 0 Å². The summed E-state index contributed by atoms with van der Waals surface area (Å²) < 4.78 is 4.35. The molecule has 0 aliphatic carbocycles. The first kappa shape index (κ1) is 23.8. The van der Waals surface area contributed by atoms with Gasteiger partial charge in [-0.1, -0.05) is 31.9 Å². The lowest BCUT2D eigenvalue weighted by molar-refractivity contribution is 0.467. The maximum absolute atomic E-state index is 10.2. The number of phenolic OH excluding ortho intramolecular Hbond substituents is 2. The van der Waals surface area contributed by atoms with E-state index in [2.05, 4.69) is 115 Å². The zero-order chi connectivity index (χ0) is 21.7. The first-order valence-electron chi connectivity index (χ1n) is 8.30. The molecule has 0 heterocycles. The highest BCUT2D eigenvalue weighted by atomic mass is 79.9. The summed E-state index contributed by atoms with van der Waals surface area (Å²) >= 11 is 21.2. The fraction of sp³-hybridized carbons (Fsp3) is 0.143. The minimum atomic E-state index is -0.601. The third-order valence-electron chi connectivity index (χ3n) is 5.05. The van der Waals surface area contributed by atoms with Gasteiger partial charge in [-0.25, -0.2) is 0 Å². The fourth-order valence-corrected chi connectivity index (χ4v) is 6.70. The van der Waals surface area contributed by atoms with E-state index in [1.807, 2.05) is 31.2 Å². The van der Waals surface area contributed by atoms with Crippen molar-refractivity contribution in [2.24, 2.45) is 0 Å². The number of rotatable bonds is 3. The number of phenols is 2. The highest BCUT2D eigenvalue weighted by molar-refractivity contribution is 9.11. The van der Waals surface area contributed by atoms with E-state index in [4.69, 9.17) is 0 Å². The van der Waals surface area contributed by atoms with Crippen LogP contribution in [0.4, 0.5) is 0 Å². The van der Waals surface area contributed by atoms with Gasteiger partial charge < -0.3 is 10.2 Å². The molecule has 3 aromatic carbocycles. The maximum atomic E-state index is 10.2. The molecule has 0 atom stereocenters. The molecule has 0 aliphatic heterocycles. The molecule has 0 bridgehead atoms. The first-order valence-corrected chi connectivity index (χ1v) is 13.1. The van der Waals surface area contributed by atoms with Crippen molar-refractivity contribution in [3.8, 4) is 11.5 Å². The molecular weight excluding hydrogens is 764 g/mol. The van der Waals surface area contributed by atoms with Gasteiger partial charge in [0.25, 0.3) is 0 Å². The van der Waals surface area contributed by atoms with E-state index in [1.165, 1.54) is 0 Å². The molecule has 0 amide bonds. The zero-order valence-electron chi connectivity index (χ0n) is 15.1. The summed E-state index contributed by atoms with van der Waals surface area (Å²) in [5, 5.41) is 20.5. The van der Waals surface area contributed by atoms with Crippen LogP contribution >= 0.6 is 95.6 Å². The zero-order valence-corrected chi connectivity index (χ0v) is 24.6. The predicted octanol–water partition coefficient (Wildman–Crippen LogP) is 9.34. The molecule has 0 saturated carbocycles. The van der Waals surface area contributed by atoms with Crippen LogP contribution in [0.3, 0.4) is 0 Å². The van der Waals surface area contributed by atoms with Gasteiger partial charge in [-0.2, -0.15) is 0 Å². The smallest absolute Gasteiger partial charge is 0.143 e. The van der Waals surface area contributed by atoms with Gasteiger partial charge in [0.1, 0.15) is 11.5 Å². The average Bonchev–Trinajstić information content (AvgIpc) is 2.66. The van der Waals surface area contributed by atoms with E-state index < -0.39 is 5.41 Å². The minimum absolute atomic E-state index is 0.149. The standard InChI is InChI=1S/C21H14Br6O2/c1-9-13(22)3-10(4-14(9)23)21(2,11-5-15(24)19(28)16(25)6-11)12-7-17(26)20(29)18(27)8-12/h3-8,28-29H,1-2H3. The van der Waals surface area contributed by atoms with E-state index in [1.54, 1.807) is 0 Å². The number of hydrogen-bond donors (Lipinski definition) is 2. The Bertz CT molecular complexity index is 918. The Labute approximate surface area is 219 Å². The Kier molecular flexibility index (Phi) is 7.34. The fourth-order valence-electron chi connectivity index (χ4n) is 3.14. The average molecular weight is 778 g/mol. The Hall–Kier alpha value is 0.140. The van der Waals surface area contributed by atoms with Gasteiger partial charge in [0.05, 0.1) is 17.9 Å². The van der Waals surface area contributed by atoms with Gasteiger partial charge in [0.2, 0.25) is 0 Å². The predicted molar refractivity (Wildman–Crippen MR) is 139 cm³/mol. The molecule has 2 N–H and O–H groups in total. The molecule has 0 unspecified atom stereocenters. The van der Waals surface area contributed by atoms with E-state index in [9.17, 15) is 10.2 Å². The summed E-state index contributed by atoms with van der Waals surface area (Å²) in [4.78, 5) is 0. The van der Waals surface area contributed by atoms with Gasteiger partial charge >= 0.3 is 0 Å². The Balaban J connectivity index is 2.42. The van der Waals surface area contributed by atoms with E-state index >= 15 is 0 Å². The van der Waals surface area contributed by atoms with Crippen molar-refractivity contribution in [2.45, 2.75) is 19.3 Å². The van der Waals surface area contributed by atoms with Crippen molar-refractivity contribution in [2.75, 3.05) is 0 Å². The van der Waals surface area contributed by atoms with Gasteiger partial charge in [-0.3, -0.25) is 0 Å². The second-order valence-electron chi connectivity index (χ2n) is 6.77. The molecule has 0 spiro atoms. The second-order valence-corrected chi connectivity index (χ2v) is 11.9. The molecule has 3 aromatic rings. The molecule has 0 aromatic heterocycles. The summed E-state index contributed by atoms with van der Waals surface area (Å²) in [5.74, 6) is 0.297. The summed E-state index contributed by atoms with van der Waals surface area (Å²) in [6, 6.07) is 11.9. The molecule has 29 heavy (non-hydrogen) atoms. The largest absolute Gasteiger partial charge is 0.506 e. The van der Waals surface area contributed by atoms with E-state index in [0.717, 1.165) is 31.2 Å². The van der Waals surface area contributed by atoms with Crippen LogP contribution in [0.5, 0.6) is 11.5 Å². The van der Waals surface area contributed by atoms with Crippen LogP contribution in [0, 0.1) is 6.92 Å². The lowest BCUT2D eigenvalue weighted by Gasteiger charge is -2.33. The molecule has 152 valence electrons. The molecule has 0 saturated heterocycles. The molecule has 8 heteroatoms. The third-order valence-corrected chi connectivity index (χ3v) is 9.11. The number of halogens is 6. The molecular formula is C21H14Br6O2. The SMILES string of the molecule is Cc1c(Br)cc(C(C)(c2cc(Br)c(O)c(Br)c2)c2cc(Br)c(O)c(Br)c2)cc1Br. The highest BCUT2D eigenvalue weighted by Gasteiger charge is 2.34. The molecule has 0 radical (unpaired) electrons. The van der Waals surface area contributed by atoms with Crippen molar-refractivity contribution >= 4 is 95.6 Å². The molecule has 0 fully saturated rings. The number of benzene rings is 3. The molecule has 2 nitrogen and oxygen atoms in total. The van der Waals surface area contributed by atoms with Crippen LogP contribution in [0.1, 0.15) is 29.2 Å². The summed E-state index contributed by atoms with van der Waals surface area (Å²) in [5.41, 5.74) is 3.46. The van der Waals surface area contributed by atoms with Crippen LogP contribution < -0.4 is 0 Å². The lowest BCUT2D eigenvalue weighted by Crippen LogP contribution is -2.26. The summed E-state index contributed by atoms with van der Waals surface area (Å²) in [7, 11) is 0. The van der Waals surface area contributed by atoms with Crippen LogP contribution in [0.15, 0.2) is 63.2 Å². The Morgan fingerprint density at radius 1 is 0.552 bits per heavy atom. The van der Waals surface area contributed by atoms with Gasteiger partial charge in [0.15, 0.2) is 0 Å². The van der Waals surface area contributed by atoms with E-state index in [-0.39, 0.29) is 11.5 Å². The van der Waals surface area contributed by atoms with Crippen molar-refractivity contribution in [3.05, 3.63) is 85.5 Å². The van der Waals surface area contributed by atoms with Crippen LogP contribution in [0.25, 0.3) is 0 Å². The van der Waals surface area contributed by atoms with Crippen molar-refractivity contribution in [3.63, 3.8) is 0 Å². The van der Waals surface area contributed by atoms with Gasteiger partial charge in [-0.05, 0) is 136 Å². The molecule has 3 rings (SSSR count). The molecule has 0 aliphatic rings. The number of aromatic hydroxyl groups is 2. The van der Waals surface area contributed by atoms with Crippen LogP contribution in [-0.2, 0) is 5.41 Å². The Morgan fingerprint density at radius 2 is 0.793 bits per heavy atom. The third kappa shape index (κ3) is 4.40. The quantitative estimate of drug-likeness (QED) is 0.261. The highest BCUT2D eigenvalue weighted by Crippen LogP contribution is 2.47. The van der Waals surface area contributed by atoms with Crippen molar-refractivity contribution < 1.29 is 10.2 Å².